The van der Waals surface area contributed by atoms with Crippen molar-refractivity contribution >= 4 is 39.5 Å². The molecule has 17 nitrogen and oxygen atoms in total. The molecule has 3 unspecified atom stereocenters. The Bertz CT molecular complexity index is 1650. The number of carbonyl (C=O) groups is 4. The molecule has 0 saturated carbocycles. The van der Waals surface area contributed by atoms with Crippen molar-refractivity contribution in [2.75, 3.05) is 39.6 Å². The summed E-state index contributed by atoms with van der Waals surface area (Å²) in [5, 5.41) is 10.5. The van der Waals surface area contributed by atoms with Gasteiger partial charge in [-0.05, 0) is 31.6 Å². The summed E-state index contributed by atoms with van der Waals surface area (Å²) in [6.07, 6.45) is 44.2. The van der Waals surface area contributed by atoms with Crippen LogP contribution in [0.3, 0.4) is 0 Å². The number of ether oxygens (including phenoxy) is 4. The van der Waals surface area contributed by atoms with Gasteiger partial charge in [0, 0.05) is 25.7 Å². The molecule has 0 aliphatic rings. The molecule has 19 heteroatoms. The number of hydrogen-bond donors (Lipinski definition) is 3. The highest BCUT2D eigenvalue weighted by Gasteiger charge is 2.30. The van der Waals surface area contributed by atoms with E-state index < -0.39 is 97.5 Å². The van der Waals surface area contributed by atoms with Crippen LogP contribution in [-0.2, 0) is 65.4 Å². The van der Waals surface area contributed by atoms with Crippen molar-refractivity contribution in [1.29, 1.82) is 0 Å². The van der Waals surface area contributed by atoms with Gasteiger partial charge in [0.1, 0.15) is 19.3 Å². The minimum Gasteiger partial charge on any atom is -0.462 e. The number of unbranched alkanes of at least 4 members (excludes halogenated alkanes) is 37. The molecule has 504 valence electrons. The lowest BCUT2D eigenvalue weighted by Gasteiger charge is -2.21. The van der Waals surface area contributed by atoms with Crippen LogP contribution in [0.15, 0.2) is 0 Å². The number of aliphatic hydroxyl groups is 1. The van der Waals surface area contributed by atoms with Gasteiger partial charge in [-0.1, -0.05) is 285 Å². The summed E-state index contributed by atoms with van der Waals surface area (Å²) in [6, 6.07) is 0. The third kappa shape index (κ3) is 59.5. The molecule has 3 N–H and O–H groups in total. The number of rotatable bonds is 66. The van der Waals surface area contributed by atoms with Crippen molar-refractivity contribution in [2.24, 2.45) is 5.92 Å². The van der Waals surface area contributed by atoms with E-state index in [0.717, 1.165) is 95.8 Å². The van der Waals surface area contributed by atoms with Gasteiger partial charge >= 0.3 is 39.5 Å². The lowest BCUT2D eigenvalue weighted by atomic mass is 9.99. The molecule has 6 atom stereocenters. The summed E-state index contributed by atoms with van der Waals surface area (Å²) in [4.78, 5) is 72.3. The lowest BCUT2D eigenvalue weighted by Crippen LogP contribution is -2.30. The van der Waals surface area contributed by atoms with Crippen LogP contribution < -0.4 is 0 Å². The van der Waals surface area contributed by atoms with Crippen LogP contribution in [0.4, 0.5) is 0 Å². The highest BCUT2D eigenvalue weighted by molar-refractivity contribution is 7.47. The third-order valence-corrected chi connectivity index (χ3v) is 17.5. The van der Waals surface area contributed by atoms with Gasteiger partial charge in [0.25, 0.3) is 0 Å². The second-order valence-electron chi connectivity index (χ2n) is 24.1. The fourth-order valence-electron chi connectivity index (χ4n) is 9.90. The summed E-state index contributed by atoms with van der Waals surface area (Å²) in [5.41, 5.74) is 0. The monoisotopic (exact) mass is 1250 g/mol. The standard InChI is InChI=1S/C66H128O17P2/c1-6-10-13-16-19-22-24-30-35-40-45-50-64(69)77-56-62(83-66(71)52-47-42-37-32-27-26-29-33-38-43-48-59(5)9-4)58-81-85(74,75)79-54-60(67)53-78-84(72,73)80-57-61(55-76-63(68)49-44-39-34-28-21-18-15-12-8-3)82-65(70)51-46-41-36-31-25-23-20-17-14-11-7-2/h59-62,67H,6-58H2,1-5H3,(H,72,73)(H,74,75)/t59?,60-,61+,62+/m0/s1. The smallest absolute Gasteiger partial charge is 0.462 e. The molecule has 0 heterocycles. The predicted molar refractivity (Wildman–Crippen MR) is 340 cm³/mol. The maximum absolute atomic E-state index is 13.0. The minimum absolute atomic E-state index is 0.107. The topological polar surface area (TPSA) is 237 Å². The van der Waals surface area contributed by atoms with Crippen molar-refractivity contribution in [3.8, 4) is 0 Å². The Morgan fingerprint density at radius 3 is 0.835 bits per heavy atom. The molecule has 0 aromatic heterocycles. The summed E-state index contributed by atoms with van der Waals surface area (Å²) in [5.74, 6) is -1.33. The summed E-state index contributed by atoms with van der Waals surface area (Å²) in [7, 11) is -9.89. The Labute approximate surface area is 517 Å². The van der Waals surface area contributed by atoms with Crippen LogP contribution in [-0.4, -0.2) is 96.7 Å². The lowest BCUT2D eigenvalue weighted by molar-refractivity contribution is -0.161. The fraction of sp³-hybridized carbons (Fsp3) is 0.939. The highest BCUT2D eigenvalue weighted by Crippen LogP contribution is 2.45. The normalized spacial score (nSPS) is 14.5. The van der Waals surface area contributed by atoms with E-state index in [2.05, 4.69) is 34.6 Å². The number of carbonyl (C=O) groups excluding carboxylic acids is 4. The average molecular weight is 1260 g/mol. The van der Waals surface area contributed by atoms with Crippen molar-refractivity contribution in [2.45, 2.75) is 355 Å². The number of aliphatic hydroxyl groups excluding tert-OH is 1. The van der Waals surface area contributed by atoms with Crippen LogP contribution in [0.25, 0.3) is 0 Å². The van der Waals surface area contributed by atoms with E-state index in [9.17, 15) is 43.2 Å². The fourth-order valence-corrected chi connectivity index (χ4v) is 11.5. The number of hydrogen-bond acceptors (Lipinski definition) is 15. The van der Waals surface area contributed by atoms with Crippen molar-refractivity contribution in [3.63, 3.8) is 0 Å². The molecule has 85 heavy (non-hydrogen) atoms. The Kier molecular flexibility index (Phi) is 58.3. The Morgan fingerprint density at radius 2 is 0.565 bits per heavy atom. The SMILES string of the molecule is CCCCCCCCCCCCCC(=O)OC[C@H](COP(=O)(O)OC[C@@H](O)COP(=O)(O)OC[C@@H](COC(=O)CCCCCCCCCCC)OC(=O)CCCCCCCCCCCCC)OC(=O)CCCCCCCCCCCCC(C)CC. The Hall–Kier alpha value is -1.94. The zero-order valence-corrected chi connectivity index (χ0v) is 56.5. The molecule has 0 aliphatic heterocycles. The third-order valence-electron chi connectivity index (χ3n) is 15.6. The van der Waals surface area contributed by atoms with E-state index in [0.29, 0.717) is 25.7 Å². The van der Waals surface area contributed by atoms with Crippen LogP contribution >= 0.6 is 15.6 Å². The molecule has 0 bridgehead atoms. The zero-order chi connectivity index (χ0) is 62.8. The molecular formula is C66H128O17P2. The second kappa shape index (κ2) is 59.7. The average Bonchev–Trinajstić information content (AvgIpc) is 3.48. The van der Waals surface area contributed by atoms with E-state index in [-0.39, 0.29) is 25.7 Å². The van der Waals surface area contributed by atoms with Crippen LogP contribution in [0.2, 0.25) is 0 Å². The van der Waals surface area contributed by atoms with E-state index in [1.54, 1.807) is 0 Å². The Balaban J connectivity index is 5.24. The first-order valence-corrected chi connectivity index (χ1v) is 37.7. The van der Waals surface area contributed by atoms with Crippen molar-refractivity contribution in [1.82, 2.24) is 0 Å². The zero-order valence-electron chi connectivity index (χ0n) is 54.7. The first kappa shape index (κ1) is 83.1. The quantitative estimate of drug-likeness (QED) is 0.0222. The summed E-state index contributed by atoms with van der Waals surface area (Å²) < 4.78 is 68.1. The molecule has 0 aliphatic carbocycles. The van der Waals surface area contributed by atoms with Gasteiger partial charge in [-0.3, -0.25) is 37.3 Å². The molecule has 0 aromatic carbocycles. The van der Waals surface area contributed by atoms with E-state index in [1.807, 2.05) is 0 Å². The van der Waals surface area contributed by atoms with Gasteiger partial charge in [0.2, 0.25) is 0 Å². The number of phosphoric ester groups is 2. The molecular weight excluding hydrogens is 1130 g/mol. The Morgan fingerprint density at radius 1 is 0.329 bits per heavy atom. The maximum atomic E-state index is 13.0. The first-order chi connectivity index (χ1) is 41.1. The molecule has 0 radical (unpaired) electrons. The molecule has 0 fully saturated rings. The highest BCUT2D eigenvalue weighted by atomic mass is 31.2. The minimum atomic E-state index is -4.95. The van der Waals surface area contributed by atoms with Crippen LogP contribution in [0.5, 0.6) is 0 Å². The van der Waals surface area contributed by atoms with Crippen LogP contribution in [0, 0.1) is 5.92 Å². The molecule has 0 rings (SSSR count). The predicted octanol–water partition coefficient (Wildman–Crippen LogP) is 18.6. The van der Waals surface area contributed by atoms with Gasteiger partial charge in [-0.25, -0.2) is 9.13 Å². The van der Waals surface area contributed by atoms with E-state index in [1.165, 1.54) is 161 Å². The second-order valence-corrected chi connectivity index (χ2v) is 27.0. The molecule has 0 amide bonds. The summed E-state index contributed by atoms with van der Waals surface area (Å²) in [6.45, 7) is 7.22. The summed E-state index contributed by atoms with van der Waals surface area (Å²) >= 11 is 0. The molecule has 0 spiro atoms. The molecule has 0 saturated heterocycles. The van der Waals surface area contributed by atoms with Gasteiger partial charge in [0.15, 0.2) is 12.2 Å². The van der Waals surface area contributed by atoms with E-state index >= 15 is 0 Å². The van der Waals surface area contributed by atoms with Gasteiger partial charge < -0.3 is 33.8 Å². The van der Waals surface area contributed by atoms with Gasteiger partial charge in [0.05, 0.1) is 26.4 Å². The molecule has 0 aromatic rings. The maximum Gasteiger partial charge on any atom is 0.472 e. The number of esters is 4. The van der Waals surface area contributed by atoms with Crippen molar-refractivity contribution < 1.29 is 80.2 Å². The van der Waals surface area contributed by atoms with Crippen molar-refractivity contribution in [3.05, 3.63) is 0 Å². The van der Waals surface area contributed by atoms with E-state index in [4.69, 9.17) is 37.0 Å². The van der Waals surface area contributed by atoms with Gasteiger partial charge in [-0.15, -0.1) is 0 Å². The largest absolute Gasteiger partial charge is 0.472 e. The number of phosphoric acid groups is 2. The van der Waals surface area contributed by atoms with Crippen LogP contribution in [0.1, 0.15) is 336 Å². The van der Waals surface area contributed by atoms with Gasteiger partial charge in [-0.2, -0.15) is 0 Å². The first-order valence-electron chi connectivity index (χ1n) is 34.7.